The Morgan fingerprint density at radius 3 is 2.19 bits per heavy atom. The monoisotopic (exact) mass is 337 g/mol. The Balaban J connectivity index is 2.90. The van der Waals surface area contributed by atoms with E-state index in [-0.39, 0.29) is 15.7 Å². The standard InChI is InChI=1S/C11H10Cl2FN3O4/c12-6-1-5(2-7(13)10(6)14)16-11(21)17(3-8(15)18)4-9(19)20/h1-2H,3-4H2,(H2,15,18)(H,16,21)(H,19,20). The molecule has 0 radical (unpaired) electrons. The highest BCUT2D eigenvalue weighted by molar-refractivity contribution is 6.35. The number of nitrogens with two attached hydrogens (primary N) is 1. The highest BCUT2D eigenvalue weighted by Crippen LogP contribution is 2.27. The first-order valence-electron chi connectivity index (χ1n) is 5.41. The van der Waals surface area contributed by atoms with Crippen molar-refractivity contribution in [2.24, 2.45) is 5.73 Å². The molecular weight excluding hydrogens is 328 g/mol. The highest BCUT2D eigenvalue weighted by atomic mass is 35.5. The Kier molecular flexibility index (Phi) is 5.74. The molecule has 0 fully saturated rings. The maximum absolute atomic E-state index is 13.2. The SMILES string of the molecule is NC(=O)CN(CC(=O)O)C(=O)Nc1cc(Cl)c(F)c(Cl)c1. The van der Waals surface area contributed by atoms with Crippen LogP contribution in [0.1, 0.15) is 0 Å². The van der Waals surface area contributed by atoms with Crippen LogP contribution in [0.25, 0.3) is 0 Å². The molecule has 1 rings (SSSR count). The zero-order valence-electron chi connectivity index (χ0n) is 10.4. The van der Waals surface area contributed by atoms with Crippen LogP contribution in [0.5, 0.6) is 0 Å². The van der Waals surface area contributed by atoms with E-state index in [1.165, 1.54) is 0 Å². The Hall–Kier alpha value is -2.06. The second kappa shape index (κ2) is 7.09. The molecule has 0 aromatic heterocycles. The third-order valence-corrected chi connectivity index (χ3v) is 2.75. The number of hydrogen-bond acceptors (Lipinski definition) is 3. The van der Waals surface area contributed by atoms with Crippen molar-refractivity contribution in [1.29, 1.82) is 0 Å². The van der Waals surface area contributed by atoms with Gasteiger partial charge in [0, 0.05) is 5.69 Å². The number of aliphatic carboxylic acids is 1. The molecule has 1 aromatic rings. The van der Waals surface area contributed by atoms with Gasteiger partial charge in [0.05, 0.1) is 10.0 Å². The number of carbonyl (C=O) groups is 3. The Morgan fingerprint density at radius 2 is 1.76 bits per heavy atom. The number of anilines is 1. The first-order valence-corrected chi connectivity index (χ1v) is 6.17. The molecule has 10 heteroatoms. The topological polar surface area (TPSA) is 113 Å². The number of hydrogen-bond donors (Lipinski definition) is 3. The molecule has 4 N–H and O–H groups in total. The van der Waals surface area contributed by atoms with Crippen LogP contribution in [0, 0.1) is 5.82 Å². The number of benzene rings is 1. The van der Waals surface area contributed by atoms with E-state index in [2.05, 4.69) is 5.32 Å². The summed E-state index contributed by atoms with van der Waals surface area (Å²) in [5, 5.41) is 10.3. The molecule has 0 aliphatic heterocycles. The van der Waals surface area contributed by atoms with Crippen molar-refractivity contribution >= 4 is 46.8 Å². The van der Waals surface area contributed by atoms with E-state index in [1.54, 1.807) is 0 Å². The number of rotatable bonds is 5. The summed E-state index contributed by atoms with van der Waals surface area (Å²) < 4.78 is 13.2. The van der Waals surface area contributed by atoms with Crippen LogP contribution >= 0.6 is 23.2 Å². The molecular formula is C11H10Cl2FN3O4. The third-order valence-electron chi connectivity index (χ3n) is 2.20. The van der Waals surface area contributed by atoms with Crippen molar-refractivity contribution in [3.63, 3.8) is 0 Å². The van der Waals surface area contributed by atoms with Crippen LogP contribution in [0.2, 0.25) is 10.0 Å². The van der Waals surface area contributed by atoms with Gasteiger partial charge in [0.15, 0.2) is 5.82 Å². The number of urea groups is 1. The Morgan fingerprint density at radius 1 is 1.24 bits per heavy atom. The maximum atomic E-state index is 13.2. The fourth-order valence-electron chi connectivity index (χ4n) is 1.38. The molecule has 0 heterocycles. The van der Waals surface area contributed by atoms with E-state index < -0.39 is 36.8 Å². The van der Waals surface area contributed by atoms with Crippen molar-refractivity contribution in [3.8, 4) is 0 Å². The number of primary amides is 1. The third kappa shape index (κ3) is 5.09. The van der Waals surface area contributed by atoms with E-state index in [9.17, 15) is 18.8 Å². The molecule has 0 atom stereocenters. The van der Waals surface area contributed by atoms with Gasteiger partial charge in [-0.15, -0.1) is 0 Å². The molecule has 0 bridgehead atoms. The highest BCUT2D eigenvalue weighted by Gasteiger charge is 2.19. The van der Waals surface area contributed by atoms with Gasteiger partial charge in [0.25, 0.3) is 0 Å². The molecule has 7 nitrogen and oxygen atoms in total. The summed E-state index contributed by atoms with van der Waals surface area (Å²) in [7, 11) is 0. The van der Waals surface area contributed by atoms with E-state index in [0.717, 1.165) is 12.1 Å². The van der Waals surface area contributed by atoms with Crippen molar-refractivity contribution in [2.75, 3.05) is 18.4 Å². The van der Waals surface area contributed by atoms with E-state index in [4.69, 9.17) is 34.0 Å². The van der Waals surface area contributed by atoms with Crippen molar-refractivity contribution in [2.45, 2.75) is 0 Å². The van der Waals surface area contributed by atoms with Gasteiger partial charge in [-0.05, 0) is 12.1 Å². The lowest BCUT2D eigenvalue weighted by molar-refractivity contribution is -0.137. The van der Waals surface area contributed by atoms with E-state index in [0.29, 0.717) is 4.90 Å². The number of nitrogens with one attached hydrogen (secondary N) is 1. The van der Waals surface area contributed by atoms with Crippen LogP contribution < -0.4 is 11.1 Å². The summed E-state index contributed by atoms with van der Waals surface area (Å²) in [6, 6.07) is 1.25. The minimum absolute atomic E-state index is 0.0382. The first kappa shape index (κ1) is 17.0. The van der Waals surface area contributed by atoms with Crippen LogP contribution in [-0.4, -0.2) is 41.0 Å². The summed E-state index contributed by atoms with van der Waals surface area (Å²) in [6.45, 7) is -1.34. The minimum Gasteiger partial charge on any atom is -0.480 e. The van der Waals surface area contributed by atoms with E-state index in [1.807, 2.05) is 0 Å². The summed E-state index contributed by atoms with van der Waals surface area (Å²) >= 11 is 11.1. The molecule has 1 aromatic carbocycles. The number of carboxylic acid groups (broad SMARTS) is 1. The molecule has 0 spiro atoms. The zero-order valence-corrected chi connectivity index (χ0v) is 11.9. The lowest BCUT2D eigenvalue weighted by Gasteiger charge is -2.19. The Bertz CT molecular complexity index is 558. The van der Waals surface area contributed by atoms with Gasteiger partial charge in [0.2, 0.25) is 5.91 Å². The van der Waals surface area contributed by atoms with Gasteiger partial charge < -0.3 is 21.1 Å². The van der Waals surface area contributed by atoms with Crippen LogP contribution in [0.4, 0.5) is 14.9 Å². The molecule has 0 saturated carbocycles. The van der Waals surface area contributed by atoms with Gasteiger partial charge in [-0.1, -0.05) is 23.2 Å². The summed E-state index contributed by atoms with van der Waals surface area (Å²) in [6.07, 6.45) is 0. The molecule has 3 amide bonds. The van der Waals surface area contributed by atoms with Crippen molar-refractivity contribution in [3.05, 3.63) is 28.0 Å². The largest absolute Gasteiger partial charge is 0.480 e. The number of carboxylic acids is 1. The minimum atomic E-state index is -1.33. The van der Waals surface area contributed by atoms with E-state index >= 15 is 0 Å². The molecule has 0 unspecified atom stereocenters. The Labute approximate surface area is 128 Å². The van der Waals surface area contributed by atoms with Crippen LogP contribution in [0.3, 0.4) is 0 Å². The molecule has 21 heavy (non-hydrogen) atoms. The van der Waals surface area contributed by atoms with Crippen molar-refractivity contribution < 1.29 is 23.9 Å². The van der Waals surface area contributed by atoms with Crippen LogP contribution in [0.15, 0.2) is 12.1 Å². The quantitative estimate of drug-likeness (QED) is 0.707. The summed E-state index contributed by atoms with van der Waals surface area (Å²) in [5.41, 5.74) is 4.96. The lowest BCUT2D eigenvalue weighted by atomic mass is 10.3. The molecule has 0 saturated heterocycles. The predicted octanol–water partition coefficient (Wildman–Crippen LogP) is 1.54. The maximum Gasteiger partial charge on any atom is 0.323 e. The average molecular weight is 338 g/mol. The van der Waals surface area contributed by atoms with Crippen LogP contribution in [-0.2, 0) is 9.59 Å². The first-order chi connectivity index (χ1) is 9.70. The zero-order chi connectivity index (χ0) is 16.2. The second-order valence-corrected chi connectivity index (χ2v) is 4.71. The van der Waals surface area contributed by atoms with Crippen molar-refractivity contribution in [1.82, 2.24) is 4.90 Å². The predicted molar refractivity (Wildman–Crippen MR) is 73.8 cm³/mol. The summed E-state index contributed by atoms with van der Waals surface area (Å²) in [5.74, 6) is -3.07. The molecule has 0 aliphatic carbocycles. The van der Waals surface area contributed by atoms with Gasteiger partial charge in [-0.2, -0.15) is 0 Å². The van der Waals surface area contributed by atoms with Gasteiger partial charge in [-0.3, -0.25) is 9.59 Å². The second-order valence-electron chi connectivity index (χ2n) is 3.90. The molecule has 0 aliphatic rings. The average Bonchev–Trinajstić information content (AvgIpc) is 2.33. The summed E-state index contributed by atoms with van der Waals surface area (Å²) in [4.78, 5) is 34.0. The fraction of sp³-hybridized carbons (Fsp3) is 0.182. The van der Waals surface area contributed by atoms with Gasteiger partial charge >= 0.3 is 12.0 Å². The number of nitrogens with zero attached hydrogens (tertiary/aromatic N) is 1. The van der Waals surface area contributed by atoms with Gasteiger partial charge in [0.1, 0.15) is 13.1 Å². The van der Waals surface area contributed by atoms with Gasteiger partial charge in [-0.25, -0.2) is 9.18 Å². The smallest absolute Gasteiger partial charge is 0.323 e. The number of carbonyl (C=O) groups excluding carboxylic acids is 2. The lowest BCUT2D eigenvalue weighted by Crippen LogP contribution is -2.43. The normalized spacial score (nSPS) is 10.0. The fourth-order valence-corrected chi connectivity index (χ4v) is 1.87. The number of halogens is 3. The molecule has 114 valence electrons. The number of amides is 3.